The first kappa shape index (κ1) is 14.4. The number of rotatable bonds is 2. The van der Waals surface area contributed by atoms with Crippen LogP contribution >= 0.6 is 11.3 Å². The molecule has 0 saturated heterocycles. The first-order chi connectivity index (χ1) is 11.2. The topological polar surface area (TPSA) is 64.2 Å². The molecule has 0 radical (unpaired) electrons. The molecule has 1 aliphatic rings. The van der Waals surface area contributed by atoms with Crippen molar-refractivity contribution in [2.75, 3.05) is 18.9 Å². The lowest BCUT2D eigenvalue weighted by Gasteiger charge is -2.24. The number of hydrogen-bond acceptors (Lipinski definition) is 5. The number of fused-ring (bicyclic) bond motifs is 3. The molecule has 5 nitrogen and oxygen atoms in total. The third-order valence-electron chi connectivity index (χ3n) is 4.46. The van der Waals surface area contributed by atoms with Crippen molar-refractivity contribution in [3.8, 4) is 11.4 Å². The van der Waals surface area contributed by atoms with Gasteiger partial charge in [-0.15, -0.1) is 11.3 Å². The Balaban J connectivity index is 1.94. The van der Waals surface area contributed by atoms with E-state index in [1.165, 1.54) is 9.55 Å². The summed E-state index contributed by atoms with van der Waals surface area (Å²) in [6, 6.07) is 9.62. The summed E-state index contributed by atoms with van der Waals surface area (Å²) in [5, 5.41) is 0.711. The summed E-state index contributed by atoms with van der Waals surface area (Å²) in [7, 11) is 0. The van der Waals surface area contributed by atoms with Gasteiger partial charge < -0.3 is 5.84 Å². The Kier molecular flexibility index (Phi) is 3.43. The van der Waals surface area contributed by atoms with E-state index in [1.54, 1.807) is 11.3 Å². The van der Waals surface area contributed by atoms with Crippen molar-refractivity contribution in [1.29, 1.82) is 0 Å². The van der Waals surface area contributed by atoms with Crippen molar-refractivity contribution < 1.29 is 0 Å². The minimum atomic E-state index is -0.142. The van der Waals surface area contributed by atoms with Gasteiger partial charge in [-0.25, -0.2) is 9.66 Å². The molecule has 0 unspecified atom stereocenters. The molecule has 0 atom stereocenters. The average Bonchev–Trinajstić information content (AvgIpc) is 2.96. The van der Waals surface area contributed by atoms with E-state index in [0.29, 0.717) is 11.2 Å². The van der Waals surface area contributed by atoms with Gasteiger partial charge in [0.05, 0.1) is 5.39 Å². The van der Waals surface area contributed by atoms with E-state index in [-0.39, 0.29) is 5.56 Å². The van der Waals surface area contributed by atoms with Crippen molar-refractivity contribution >= 4 is 21.6 Å². The molecule has 1 aromatic carbocycles. The molecular formula is C17H18N4OS. The van der Waals surface area contributed by atoms with Crippen LogP contribution < -0.4 is 11.4 Å². The molecule has 118 valence electrons. The minimum absolute atomic E-state index is 0.142. The molecule has 1 aliphatic heterocycles. The fraction of sp³-hybridized carbons (Fsp3) is 0.294. The lowest BCUT2D eigenvalue weighted by Crippen LogP contribution is -2.32. The van der Waals surface area contributed by atoms with E-state index in [4.69, 9.17) is 10.8 Å². The Morgan fingerprint density at radius 2 is 2.09 bits per heavy atom. The number of nitrogens with zero attached hydrogens (tertiary/aromatic N) is 3. The highest BCUT2D eigenvalue weighted by atomic mass is 32.1. The van der Waals surface area contributed by atoms with Crippen LogP contribution in [0.25, 0.3) is 21.6 Å². The fourth-order valence-electron chi connectivity index (χ4n) is 3.17. The van der Waals surface area contributed by atoms with Gasteiger partial charge in [-0.2, -0.15) is 0 Å². The molecular weight excluding hydrogens is 308 g/mol. The predicted molar refractivity (Wildman–Crippen MR) is 94.1 cm³/mol. The smallest absolute Gasteiger partial charge is 0.281 e. The van der Waals surface area contributed by atoms with Gasteiger partial charge >= 0.3 is 0 Å². The Morgan fingerprint density at radius 1 is 1.30 bits per heavy atom. The van der Waals surface area contributed by atoms with Crippen LogP contribution in [0.2, 0.25) is 0 Å². The summed E-state index contributed by atoms with van der Waals surface area (Å²) in [4.78, 5) is 21.9. The molecule has 0 fully saturated rings. The Bertz CT molecular complexity index is 929. The predicted octanol–water partition coefficient (Wildman–Crippen LogP) is 2.22. The number of thiophene rings is 1. The molecule has 3 aromatic rings. The third kappa shape index (κ3) is 2.26. The van der Waals surface area contributed by atoms with Crippen LogP contribution in [0.1, 0.15) is 17.4 Å². The van der Waals surface area contributed by atoms with E-state index in [9.17, 15) is 4.79 Å². The zero-order valence-corrected chi connectivity index (χ0v) is 13.8. The van der Waals surface area contributed by atoms with E-state index in [2.05, 4.69) is 11.8 Å². The van der Waals surface area contributed by atoms with Crippen LogP contribution in [0.5, 0.6) is 0 Å². The van der Waals surface area contributed by atoms with E-state index in [0.717, 1.165) is 42.0 Å². The van der Waals surface area contributed by atoms with Gasteiger partial charge in [-0.05, 0) is 18.5 Å². The summed E-state index contributed by atoms with van der Waals surface area (Å²) in [5.74, 6) is 6.58. The standard InChI is InChI=1S/C17H18N4OS/c1-2-20-9-8-12-13(10-20)23-16-14(12)17(22)21(18)15(19-16)11-6-4-3-5-7-11/h3-7H,2,8-10,18H2,1H3. The highest BCUT2D eigenvalue weighted by molar-refractivity contribution is 7.18. The largest absolute Gasteiger partial charge is 0.334 e. The molecule has 0 saturated carbocycles. The van der Waals surface area contributed by atoms with Gasteiger partial charge in [0.1, 0.15) is 4.83 Å². The average molecular weight is 326 g/mol. The Morgan fingerprint density at radius 3 is 2.83 bits per heavy atom. The molecule has 3 heterocycles. The van der Waals surface area contributed by atoms with Crippen molar-refractivity contribution in [1.82, 2.24) is 14.6 Å². The summed E-state index contributed by atoms with van der Waals surface area (Å²) >= 11 is 1.63. The second-order valence-electron chi connectivity index (χ2n) is 5.78. The van der Waals surface area contributed by atoms with Crippen molar-refractivity contribution in [2.45, 2.75) is 19.9 Å². The molecule has 0 aliphatic carbocycles. The molecule has 0 spiro atoms. The molecule has 23 heavy (non-hydrogen) atoms. The monoisotopic (exact) mass is 326 g/mol. The lowest BCUT2D eigenvalue weighted by atomic mass is 10.1. The number of likely N-dealkylation sites (N-methyl/N-ethyl adjacent to an activating group) is 1. The molecule has 6 heteroatoms. The van der Waals surface area contributed by atoms with Gasteiger partial charge in [0, 0.05) is 23.5 Å². The first-order valence-electron chi connectivity index (χ1n) is 7.79. The Hall–Kier alpha value is -2.18. The van der Waals surface area contributed by atoms with Crippen LogP contribution in [0.3, 0.4) is 0 Å². The van der Waals surface area contributed by atoms with Crippen LogP contribution in [-0.4, -0.2) is 27.6 Å². The van der Waals surface area contributed by atoms with Crippen molar-refractivity contribution in [3.63, 3.8) is 0 Å². The molecule has 0 bridgehead atoms. The third-order valence-corrected chi connectivity index (χ3v) is 5.58. The van der Waals surface area contributed by atoms with Gasteiger partial charge in [-0.3, -0.25) is 9.69 Å². The maximum atomic E-state index is 12.8. The molecule has 2 aromatic heterocycles. The van der Waals surface area contributed by atoms with Gasteiger partial charge in [0.2, 0.25) is 0 Å². The van der Waals surface area contributed by atoms with Crippen LogP contribution in [0.15, 0.2) is 35.1 Å². The Labute approximate surface area is 138 Å². The van der Waals surface area contributed by atoms with Crippen LogP contribution in [0.4, 0.5) is 0 Å². The number of hydrogen-bond donors (Lipinski definition) is 1. The lowest BCUT2D eigenvalue weighted by molar-refractivity contribution is 0.272. The highest BCUT2D eigenvalue weighted by Gasteiger charge is 2.24. The molecule has 2 N–H and O–H groups in total. The van der Waals surface area contributed by atoms with E-state index in [1.807, 2.05) is 30.3 Å². The van der Waals surface area contributed by atoms with Crippen LogP contribution in [0, 0.1) is 0 Å². The van der Waals surface area contributed by atoms with Gasteiger partial charge in [-0.1, -0.05) is 37.3 Å². The summed E-state index contributed by atoms with van der Waals surface area (Å²) in [6.45, 7) is 5.08. The number of nitrogen functional groups attached to an aromatic ring is 1. The quantitative estimate of drug-likeness (QED) is 0.734. The number of benzene rings is 1. The van der Waals surface area contributed by atoms with E-state index < -0.39 is 0 Å². The van der Waals surface area contributed by atoms with Crippen molar-refractivity contribution in [2.24, 2.45) is 0 Å². The highest BCUT2D eigenvalue weighted by Crippen LogP contribution is 2.33. The second-order valence-corrected chi connectivity index (χ2v) is 6.86. The van der Waals surface area contributed by atoms with Crippen molar-refractivity contribution in [3.05, 3.63) is 51.1 Å². The SMILES string of the molecule is CCN1CCc2c(sc3nc(-c4ccccc4)n(N)c(=O)c23)C1. The second kappa shape index (κ2) is 5.47. The van der Waals surface area contributed by atoms with Gasteiger partial charge in [0.15, 0.2) is 5.82 Å². The van der Waals surface area contributed by atoms with E-state index >= 15 is 0 Å². The molecule has 4 rings (SSSR count). The zero-order chi connectivity index (χ0) is 16.0. The number of nitrogens with two attached hydrogens (primary N) is 1. The van der Waals surface area contributed by atoms with Gasteiger partial charge in [0.25, 0.3) is 5.56 Å². The normalized spacial score (nSPS) is 15.0. The maximum absolute atomic E-state index is 12.8. The maximum Gasteiger partial charge on any atom is 0.281 e. The zero-order valence-electron chi connectivity index (χ0n) is 13.0. The summed E-state index contributed by atoms with van der Waals surface area (Å²) < 4.78 is 1.19. The van der Waals surface area contributed by atoms with Crippen LogP contribution in [-0.2, 0) is 13.0 Å². The first-order valence-corrected chi connectivity index (χ1v) is 8.61. The molecule has 0 amide bonds. The number of aromatic nitrogens is 2. The minimum Gasteiger partial charge on any atom is -0.334 e. The fourth-order valence-corrected chi connectivity index (χ4v) is 4.42. The summed E-state index contributed by atoms with van der Waals surface area (Å²) in [6.07, 6.45) is 0.894. The summed E-state index contributed by atoms with van der Waals surface area (Å²) in [5.41, 5.74) is 1.86.